The van der Waals surface area contributed by atoms with Crippen LogP contribution in [0.25, 0.3) is 10.8 Å². The van der Waals surface area contributed by atoms with Gasteiger partial charge in [-0.05, 0) is 41.3 Å². The highest BCUT2D eigenvalue weighted by atomic mass is 16.4. The van der Waals surface area contributed by atoms with Gasteiger partial charge in [-0.25, -0.2) is 0 Å². The molecule has 0 aromatic heterocycles. The number of nitrogens with zero attached hydrogens (tertiary/aromatic N) is 1. The number of rotatable bonds is 3. The molecule has 1 N–H and O–H groups in total. The van der Waals surface area contributed by atoms with Crippen LogP contribution in [0.5, 0.6) is 0 Å². The molecule has 0 bridgehead atoms. The van der Waals surface area contributed by atoms with Crippen molar-refractivity contribution in [3.05, 3.63) is 48.0 Å². The van der Waals surface area contributed by atoms with E-state index in [9.17, 15) is 9.90 Å². The fourth-order valence-corrected chi connectivity index (χ4v) is 3.17. The summed E-state index contributed by atoms with van der Waals surface area (Å²) in [5.74, 6) is -0.469. The second-order valence-electron chi connectivity index (χ2n) is 5.70. The van der Waals surface area contributed by atoms with Crippen molar-refractivity contribution in [1.82, 2.24) is 4.90 Å². The maximum absolute atomic E-state index is 11.4. The van der Waals surface area contributed by atoms with Gasteiger partial charge in [-0.3, -0.25) is 9.69 Å². The lowest BCUT2D eigenvalue weighted by atomic mass is 10.0. The van der Waals surface area contributed by atoms with E-state index in [-0.39, 0.29) is 12.0 Å². The lowest BCUT2D eigenvalue weighted by molar-refractivity contribution is -0.143. The molecule has 3 heteroatoms. The smallest absolute Gasteiger partial charge is 0.321 e. The number of carboxylic acids is 1. The van der Waals surface area contributed by atoms with Gasteiger partial charge in [0.25, 0.3) is 0 Å². The first-order valence-corrected chi connectivity index (χ1v) is 7.09. The molecule has 1 aliphatic heterocycles. The summed E-state index contributed by atoms with van der Waals surface area (Å²) in [5, 5.41) is 11.8. The van der Waals surface area contributed by atoms with Gasteiger partial charge in [0.05, 0.1) is 0 Å². The SMILES string of the molecule is CC1CCN(Cc2ccc3ccccc3c2)C1C(=O)O. The molecule has 3 rings (SSSR count). The molecule has 0 radical (unpaired) electrons. The van der Waals surface area contributed by atoms with E-state index in [1.807, 2.05) is 19.1 Å². The molecular formula is C17H19NO2. The predicted molar refractivity (Wildman–Crippen MR) is 79.6 cm³/mol. The van der Waals surface area contributed by atoms with Gasteiger partial charge in [-0.1, -0.05) is 43.3 Å². The first kappa shape index (κ1) is 13.1. The van der Waals surface area contributed by atoms with Crippen LogP contribution in [0.3, 0.4) is 0 Å². The molecule has 3 nitrogen and oxygen atoms in total. The normalized spacial score (nSPS) is 23.2. The molecule has 0 spiro atoms. The second kappa shape index (κ2) is 5.25. The number of fused-ring (bicyclic) bond motifs is 1. The highest BCUT2D eigenvalue weighted by Crippen LogP contribution is 2.26. The summed E-state index contributed by atoms with van der Waals surface area (Å²) in [6, 6.07) is 14.3. The van der Waals surface area contributed by atoms with Gasteiger partial charge >= 0.3 is 5.97 Å². The molecule has 2 aromatic carbocycles. The van der Waals surface area contributed by atoms with Crippen molar-refractivity contribution >= 4 is 16.7 Å². The molecule has 2 unspecified atom stereocenters. The lowest BCUT2D eigenvalue weighted by Gasteiger charge is -2.23. The third kappa shape index (κ3) is 2.41. The van der Waals surface area contributed by atoms with Gasteiger partial charge in [-0.2, -0.15) is 0 Å². The quantitative estimate of drug-likeness (QED) is 0.930. The van der Waals surface area contributed by atoms with Crippen molar-refractivity contribution in [2.45, 2.75) is 25.9 Å². The molecular weight excluding hydrogens is 250 g/mol. The topological polar surface area (TPSA) is 40.5 Å². The summed E-state index contributed by atoms with van der Waals surface area (Å²) in [6.07, 6.45) is 0.963. The van der Waals surface area contributed by atoms with Crippen molar-refractivity contribution in [3.8, 4) is 0 Å². The average molecular weight is 269 g/mol. The number of hydrogen-bond acceptors (Lipinski definition) is 2. The standard InChI is InChI=1S/C17H19NO2/c1-12-8-9-18(16(12)17(19)20)11-13-6-7-14-4-2-3-5-15(14)10-13/h2-7,10,12,16H,8-9,11H2,1H3,(H,19,20). The van der Waals surface area contributed by atoms with Crippen LogP contribution in [0.4, 0.5) is 0 Å². The minimum Gasteiger partial charge on any atom is -0.480 e. The Hall–Kier alpha value is -1.87. The summed E-state index contributed by atoms with van der Waals surface area (Å²) >= 11 is 0. The largest absolute Gasteiger partial charge is 0.480 e. The molecule has 2 atom stereocenters. The van der Waals surface area contributed by atoms with Crippen LogP contribution in [0.1, 0.15) is 18.9 Å². The summed E-state index contributed by atoms with van der Waals surface area (Å²) in [7, 11) is 0. The number of carbonyl (C=O) groups is 1. The van der Waals surface area contributed by atoms with Crippen molar-refractivity contribution in [2.75, 3.05) is 6.54 Å². The zero-order chi connectivity index (χ0) is 14.1. The molecule has 1 saturated heterocycles. The Morgan fingerprint density at radius 2 is 2.00 bits per heavy atom. The van der Waals surface area contributed by atoms with E-state index < -0.39 is 5.97 Å². The fraction of sp³-hybridized carbons (Fsp3) is 0.353. The maximum atomic E-state index is 11.4. The van der Waals surface area contributed by atoms with Gasteiger partial charge in [0.2, 0.25) is 0 Å². The van der Waals surface area contributed by atoms with Crippen LogP contribution in [0.2, 0.25) is 0 Å². The van der Waals surface area contributed by atoms with Gasteiger partial charge in [0.1, 0.15) is 6.04 Å². The highest BCUT2D eigenvalue weighted by molar-refractivity contribution is 5.83. The number of aliphatic carboxylic acids is 1. The first-order chi connectivity index (χ1) is 9.65. The van der Waals surface area contributed by atoms with E-state index in [1.54, 1.807) is 0 Å². The van der Waals surface area contributed by atoms with Gasteiger partial charge in [0.15, 0.2) is 0 Å². The highest BCUT2D eigenvalue weighted by Gasteiger charge is 2.36. The molecule has 20 heavy (non-hydrogen) atoms. The van der Waals surface area contributed by atoms with Crippen LogP contribution < -0.4 is 0 Å². The molecule has 104 valence electrons. The Bertz CT molecular complexity index is 638. The zero-order valence-electron chi connectivity index (χ0n) is 11.6. The second-order valence-corrected chi connectivity index (χ2v) is 5.70. The Morgan fingerprint density at radius 3 is 2.75 bits per heavy atom. The fourth-order valence-electron chi connectivity index (χ4n) is 3.17. The van der Waals surface area contributed by atoms with Gasteiger partial charge in [-0.15, -0.1) is 0 Å². The van der Waals surface area contributed by atoms with E-state index in [0.29, 0.717) is 6.54 Å². The molecule has 0 aliphatic carbocycles. The van der Waals surface area contributed by atoms with Crippen LogP contribution >= 0.6 is 0 Å². The molecule has 0 amide bonds. The predicted octanol–water partition coefficient (Wildman–Crippen LogP) is 3.13. The third-order valence-electron chi connectivity index (χ3n) is 4.26. The van der Waals surface area contributed by atoms with E-state index >= 15 is 0 Å². The van der Waals surface area contributed by atoms with E-state index in [0.717, 1.165) is 13.0 Å². The Labute approximate surface area is 118 Å². The Kier molecular flexibility index (Phi) is 3.45. The van der Waals surface area contributed by atoms with Crippen LogP contribution in [-0.2, 0) is 11.3 Å². The maximum Gasteiger partial charge on any atom is 0.321 e. The van der Waals surface area contributed by atoms with Crippen molar-refractivity contribution < 1.29 is 9.90 Å². The van der Waals surface area contributed by atoms with Crippen molar-refractivity contribution in [1.29, 1.82) is 0 Å². The number of benzene rings is 2. The first-order valence-electron chi connectivity index (χ1n) is 7.09. The summed E-state index contributed by atoms with van der Waals surface area (Å²) in [5.41, 5.74) is 1.18. The van der Waals surface area contributed by atoms with Gasteiger partial charge < -0.3 is 5.11 Å². The number of likely N-dealkylation sites (tertiary alicyclic amines) is 1. The van der Waals surface area contributed by atoms with E-state index in [1.165, 1.54) is 16.3 Å². The number of hydrogen-bond donors (Lipinski definition) is 1. The Morgan fingerprint density at radius 1 is 1.25 bits per heavy atom. The molecule has 1 aliphatic rings. The zero-order valence-corrected chi connectivity index (χ0v) is 11.6. The van der Waals surface area contributed by atoms with Crippen LogP contribution in [-0.4, -0.2) is 28.6 Å². The molecule has 1 fully saturated rings. The summed E-state index contributed by atoms with van der Waals surface area (Å²) in [4.78, 5) is 13.5. The van der Waals surface area contributed by atoms with Gasteiger partial charge in [0, 0.05) is 6.54 Å². The summed E-state index contributed by atoms with van der Waals surface area (Å²) in [6.45, 7) is 3.61. The Balaban J connectivity index is 1.84. The monoisotopic (exact) mass is 269 g/mol. The van der Waals surface area contributed by atoms with Crippen LogP contribution in [0.15, 0.2) is 42.5 Å². The minimum atomic E-state index is -0.698. The molecule has 0 saturated carbocycles. The van der Waals surface area contributed by atoms with Crippen molar-refractivity contribution in [2.24, 2.45) is 5.92 Å². The van der Waals surface area contributed by atoms with Crippen LogP contribution in [0, 0.1) is 5.92 Å². The minimum absolute atomic E-state index is 0.230. The van der Waals surface area contributed by atoms with E-state index in [2.05, 4.69) is 35.2 Å². The third-order valence-corrected chi connectivity index (χ3v) is 4.26. The summed E-state index contributed by atoms with van der Waals surface area (Å²) < 4.78 is 0. The molecule has 1 heterocycles. The number of carboxylic acid groups (broad SMARTS) is 1. The molecule has 2 aromatic rings. The van der Waals surface area contributed by atoms with Crippen molar-refractivity contribution in [3.63, 3.8) is 0 Å². The lowest BCUT2D eigenvalue weighted by Crippen LogP contribution is -2.38. The average Bonchev–Trinajstić information content (AvgIpc) is 2.79. The van der Waals surface area contributed by atoms with E-state index in [4.69, 9.17) is 0 Å².